The quantitative estimate of drug-likeness (QED) is 0.653. The maximum atomic E-state index is 11.2. The molecule has 0 bridgehead atoms. The first-order valence-corrected chi connectivity index (χ1v) is 5.66. The van der Waals surface area contributed by atoms with Gasteiger partial charge in [0, 0.05) is 37.4 Å². The van der Waals surface area contributed by atoms with E-state index in [2.05, 4.69) is 0 Å². The molecule has 0 aliphatic carbocycles. The van der Waals surface area contributed by atoms with E-state index in [0.717, 1.165) is 34.1 Å². The summed E-state index contributed by atoms with van der Waals surface area (Å²) in [4.78, 5) is 46.6. The summed E-state index contributed by atoms with van der Waals surface area (Å²) in [6, 6.07) is 0. The molecule has 0 aromatic carbocycles. The Morgan fingerprint density at radius 2 is 0.889 bits per heavy atom. The molecule has 2 heterocycles. The van der Waals surface area contributed by atoms with Crippen molar-refractivity contribution < 1.29 is 19.2 Å². The molecule has 18 heavy (non-hydrogen) atoms. The van der Waals surface area contributed by atoms with Crippen LogP contribution < -0.4 is 0 Å². The van der Waals surface area contributed by atoms with Crippen molar-refractivity contribution in [2.24, 2.45) is 0 Å². The predicted molar refractivity (Wildman–Crippen MR) is 63.1 cm³/mol. The van der Waals surface area contributed by atoms with E-state index in [4.69, 9.17) is 0 Å². The van der Waals surface area contributed by atoms with Crippen LogP contribution in [0.4, 0.5) is 0 Å². The van der Waals surface area contributed by atoms with E-state index in [1.54, 1.807) is 0 Å². The number of hydrogen-bond acceptors (Lipinski definition) is 4. The predicted octanol–water partition coefficient (Wildman–Crippen LogP) is -0.137. The molecule has 2 aliphatic heterocycles. The van der Waals surface area contributed by atoms with Crippen LogP contribution in [0.25, 0.3) is 0 Å². The largest absolute Gasteiger partial charge is 0.274 e. The van der Waals surface area contributed by atoms with Gasteiger partial charge >= 0.3 is 0 Å². The van der Waals surface area contributed by atoms with Crippen LogP contribution in [0.15, 0.2) is 24.3 Å². The maximum Gasteiger partial charge on any atom is 0.253 e. The van der Waals surface area contributed by atoms with Crippen molar-refractivity contribution in [1.29, 1.82) is 0 Å². The zero-order valence-corrected chi connectivity index (χ0v) is 10.3. The fourth-order valence-corrected chi connectivity index (χ4v) is 1.50. The van der Waals surface area contributed by atoms with Crippen molar-refractivity contribution >= 4 is 23.6 Å². The molecular weight excluding hydrogens is 236 g/mol. The number of amides is 4. The van der Waals surface area contributed by atoms with Gasteiger partial charge in [-0.2, -0.15) is 0 Å². The summed E-state index contributed by atoms with van der Waals surface area (Å²) in [5.41, 5.74) is 0. The number of imide groups is 2. The zero-order chi connectivity index (χ0) is 13.7. The van der Waals surface area contributed by atoms with Gasteiger partial charge < -0.3 is 0 Å². The number of hydrogen-bond donors (Lipinski definition) is 0. The molecule has 96 valence electrons. The molecule has 0 saturated heterocycles. The van der Waals surface area contributed by atoms with Crippen LogP contribution in [0.3, 0.4) is 0 Å². The molecule has 0 aromatic rings. The van der Waals surface area contributed by atoms with E-state index >= 15 is 0 Å². The van der Waals surface area contributed by atoms with E-state index in [9.17, 15) is 19.2 Å². The molecule has 4 amide bonds. The topological polar surface area (TPSA) is 74.8 Å². The summed E-state index contributed by atoms with van der Waals surface area (Å²) < 4.78 is 0. The third-order valence-corrected chi connectivity index (χ3v) is 2.35. The van der Waals surface area contributed by atoms with E-state index in [-0.39, 0.29) is 13.1 Å². The summed E-state index contributed by atoms with van der Waals surface area (Å²) in [7, 11) is 0. The molecule has 0 N–H and O–H groups in total. The van der Waals surface area contributed by atoms with Crippen LogP contribution >= 0.6 is 0 Å². The SMILES string of the molecule is CC.O=C1C=CC(=O)N1CCN1C(=O)C=CC1=O. The second-order valence-electron chi connectivity index (χ2n) is 3.32. The van der Waals surface area contributed by atoms with Crippen molar-refractivity contribution in [1.82, 2.24) is 9.80 Å². The summed E-state index contributed by atoms with van der Waals surface area (Å²) in [6.45, 7) is 4.06. The third kappa shape index (κ3) is 2.71. The summed E-state index contributed by atoms with van der Waals surface area (Å²) >= 11 is 0. The lowest BCUT2D eigenvalue weighted by Gasteiger charge is -2.18. The van der Waals surface area contributed by atoms with Gasteiger partial charge in [0.1, 0.15) is 0 Å². The fraction of sp³-hybridized carbons (Fsp3) is 0.333. The van der Waals surface area contributed by atoms with Crippen LogP contribution in [0.5, 0.6) is 0 Å². The molecule has 0 radical (unpaired) electrons. The second kappa shape index (κ2) is 5.90. The van der Waals surface area contributed by atoms with Crippen LogP contribution in [0, 0.1) is 0 Å². The molecule has 0 fully saturated rings. The highest BCUT2D eigenvalue weighted by Crippen LogP contribution is 2.07. The van der Waals surface area contributed by atoms with Gasteiger partial charge in [0.15, 0.2) is 0 Å². The van der Waals surface area contributed by atoms with Gasteiger partial charge in [-0.3, -0.25) is 29.0 Å². The van der Waals surface area contributed by atoms with Crippen molar-refractivity contribution in [3.05, 3.63) is 24.3 Å². The molecule has 6 nitrogen and oxygen atoms in total. The number of nitrogens with zero attached hydrogens (tertiary/aromatic N) is 2. The van der Waals surface area contributed by atoms with E-state index in [1.807, 2.05) is 13.8 Å². The monoisotopic (exact) mass is 250 g/mol. The Balaban J connectivity index is 0.000000771. The summed E-state index contributed by atoms with van der Waals surface area (Å²) in [5, 5.41) is 0. The molecule has 0 spiro atoms. The summed E-state index contributed by atoms with van der Waals surface area (Å²) in [6.07, 6.45) is 4.64. The number of carbonyl (C=O) groups is 4. The molecule has 0 unspecified atom stereocenters. The van der Waals surface area contributed by atoms with Crippen LogP contribution in [-0.4, -0.2) is 46.5 Å². The highest BCUT2D eigenvalue weighted by Gasteiger charge is 2.27. The van der Waals surface area contributed by atoms with E-state index in [0.29, 0.717) is 0 Å². The standard InChI is InChI=1S/C10H8N2O4.C2H6/c13-7-1-2-8(14)11(7)5-6-12-9(15)3-4-10(12)16;1-2/h1-4H,5-6H2;1-2H3. The smallest absolute Gasteiger partial charge is 0.253 e. The first kappa shape index (κ1) is 13.8. The number of carbonyl (C=O) groups excluding carboxylic acids is 4. The van der Waals surface area contributed by atoms with Gasteiger partial charge in [0.2, 0.25) is 0 Å². The molecule has 0 aromatic heterocycles. The lowest BCUT2D eigenvalue weighted by atomic mass is 10.4. The Kier molecular flexibility index (Phi) is 4.53. The van der Waals surface area contributed by atoms with Gasteiger partial charge in [-0.15, -0.1) is 0 Å². The average molecular weight is 250 g/mol. The average Bonchev–Trinajstić information content (AvgIpc) is 2.85. The normalized spacial score (nSPS) is 17.7. The minimum Gasteiger partial charge on any atom is -0.274 e. The zero-order valence-electron chi connectivity index (χ0n) is 10.3. The molecule has 6 heteroatoms. The van der Waals surface area contributed by atoms with Crippen LogP contribution in [0.2, 0.25) is 0 Å². The Morgan fingerprint density at radius 1 is 0.667 bits per heavy atom. The molecule has 0 saturated carbocycles. The lowest BCUT2D eigenvalue weighted by Crippen LogP contribution is -2.40. The van der Waals surface area contributed by atoms with Gasteiger partial charge in [0.25, 0.3) is 23.6 Å². The second-order valence-corrected chi connectivity index (χ2v) is 3.32. The Morgan fingerprint density at radius 3 is 1.11 bits per heavy atom. The Labute approximate surface area is 105 Å². The Bertz CT molecular complexity index is 373. The van der Waals surface area contributed by atoms with Gasteiger partial charge in [0.05, 0.1) is 0 Å². The van der Waals surface area contributed by atoms with Crippen LogP contribution in [0.1, 0.15) is 13.8 Å². The minimum atomic E-state index is -0.419. The van der Waals surface area contributed by atoms with Gasteiger partial charge in [-0.1, -0.05) is 13.8 Å². The lowest BCUT2D eigenvalue weighted by molar-refractivity contribution is -0.142. The molecule has 0 atom stereocenters. The molecule has 2 rings (SSSR count). The van der Waals surface area contributed by atoms with Gasteiger partial charge in [-0.25, -0.2) is 0 Å². The van der Waals surface area contributed by atoms with Crippen molar-refractivity contribution in [2.45, 2.75) is 13.8 Å². The van der Waals surface area contributed by atoms with E-state index in [1.165, 1.54) is 0 Å². The minimum absolute atomic E-state index is 0.0316. The van der Waals surface area contributed by atoms with Crippen molar-refractivity contribution in [3.8, 4) is 0 Å². The maximum absolute atomic E-state index is 11.2. The van der Waals surface area contributed by atoms with Crippen molar-refractivity contribution in [2.75, 3.05) is 13.1 Å². The summed E-state index contributed by atoms with van der Waals surface area (Å²) in [5.74, 6) is -1.68. The van der Waals surface area contributed by atoms with Gasteiger partial charge in [-0.05, 0) is 0 Å². The highest BCUT2D eigenvalue weighted by molar-refractivity contribution is 6.14. The van der Waals surface area contributed by atoms with Crippen LogP contribution in [-0.2, 0) is 19.2 Å². The number of rotatable bonds is 3. The molecular formula is C12H14N2O4. The highest BCUT2D eigenvalue weighted by atomic mass is 16.2. The first-order chi connectivity index (χ1) is 8.59. The Hall–Kier alpha value is -2.24. The molecule has 2 aliphatic rings. The third-order valence-electron chi connectivity index (χ3n) is 2.35. The van der Waals surface area contributed by atoms with E-state index < -0.39 is 23.6 Å². The fourth-order valence-electron chi connectivity index (χ4n) is 1.50. The van der Waals surface area contributed by atoms with Crippen molar-refractivity contribution in [3.63, 3.8) is 0 Å². The first-order valence-electron chi connectivity index (χ1n) is 5.66.